The summed E-state index contributed by atoms with van der Waals surface area (Å²) in [7, 11) is 0. The van der Waals surface area contributed by atoms with Crippen molar-refractivity contribution in [1.29, 1.82) is 0 Å². The van der Waals surface area contributed by atoms with Gasteiger partial charge in [0.25, 0.3) is 5.91 Å². The molecular weight excluding hydrogens is 186 g/mol. The first-order valence-electron chi connectivity index (χ1n) is 4.69. The van der Waals surface area contributed by atoms with Gasteiger partial charge < -0.3 is 0 Å². The minimum absolute atomic E-state index is 0.427. The lowest BCUT2D eigenvalue weighted by atomic mass is 10.0. The molecule has 73 valence electrons. The van der Waals surface area contributed by atoms with Crippen molar-refractivity contribution in [3.05, 3.63) is 60.2 Å². The van der Waals surface area contributed by atoms with E-state index in [4.69, 9.17) is 5.73 Å². The summed E-state index contributed by atoms with van der Waals surface area (Å²) in [6.45, 7) is 0. The summed E-state index contributed by atoms with van der Waals surface area (Å²) in [4.78, 5) is 10.9. The van der Waals surface area contributed by atoms with Gasteiger partial charge in [-0.3, -0.25) is 10.5 Å². The molecule has 0 unspecified atom stereocenters. The number of carbonyl (C=O) groups is 1. The van der Waals surface area contributed by atoms with E-state index in [0.717, 1.165) is 11.1 Å². The van der Waals surface area contributed by atoms with Crippen LogP contribution in [-0.4, -0.2) is 5.91 Å². The zero-order valence-electron chi connectivity index (χ0n) is 8.10. The van der Waals surface area contributed by atoms with Crippen molar-refractivity contribution in [2.24, 2.45) is 0 Å². The standard InChI is InChI=1S/C13H10NO/c14-13(15)12-8-4-7-11(9-12)10-5-2-1-3-6-10/h1-9,14H. The molecule has 0 heterocycles. The number of hydrogen-bond acceptors (Lipinski definition) is 1. The van der Waals surface area contributed by atoms with Gasteiger partial charge in [0.1, 0.15) is 0 Å². The minimum Gasteiger partial charge on any atom is -0.267 e. The van der Waals surface area contributed by atoms with Crippen LogP contribution >= 0.6 is 0 Å². The van der Waals surface area contributed by atoms with Crippen LogP contribution in [0.1, 0.15) is 10.4 Å². The van der Waals surface area contributed by atoms with Gasteiger partial charge in [-0.15, -0.1) is 0 Å². The molecule has 2 nitrogen and oxygen atoms in total. The topological polar surface area (TPSA) is 40.9 Å². The Bertz CT molecular complexity index is 477. The third kappa shape index (κ3) is 2.05. The summed E-state index contributed by atoms with van der Waals surface area (Å²) in [5, 5.41) is 0. The van der Waals surface area contributed by atoms with Crippen LogP contribution in [-0.2, 0) is 0 Å². The van der Waals surface area contributed by atoms with Crippen molar-refractivity contribution >= 4 is 5.91 Å². The van der Waals surface area contributed by atoms with E-state index in [2.05, 4.69) is 0 Å². The van der Waals surface area contributed by atoms with E-state index >= 15 is 0 Å². The zero-order valence-corrected chi connectivity index (χ0v) is 8.10. The van der Waals surface area contributed by atoms with Crippen molar-refractivity contribution < 1.29 is 4.79 Å². The van der Waals surface area contributed by atoms with Gasteiger partial charge in [-0.05, 0) is 23.3 Å². The van der Waals surface area contributed by atoms with Crippen LogP contribution in [0.25, 0.3) is 11.1 Å². The smallest absolute Gasteiger partial charge is 0.267 e. The number of carbonyl (C=O) groups excluding carboxylic acids is 1. The van der Waals surface area contributed by atoms with Gasteiger partial charge in [0.2, 0.25) is 0 Å². The van der Waals surface area contributed by atoms with E-state index in [0.29, 0.717) is 5.56 Å². The molecule has 0 aliphatic rings. The third-order valence-electron chi connectivity index (χ3n) is 2.23. The number of nitrogens with one attached hydrogen (secondary N) is 1. The summed E-state index contributed by atoms with van der Waals surface area (Å²) in [5.41, 5.74) is 9.49. The van der Waals surface area contributed by atoms with Crippen molar-refractivity contribution in [2.75, 3.05) is 0 Å². The van der Waals surface area contributed by atoms with Gasteiger partial charge in [-0.1, -0.05) is 42.5 Å². The SMILES string of the molecule is [NH]C(=O)c1cccc(-c2ccccc2)c1. The fourth-order valence-corrected chi connectivity index (χ4v) is 1.47. The Hall–Kier alpha value is -2.09. The Morgan fingerprint density at radius 1 is 0.867 bits per heavy atom. The average Bonchev–Trinajstić information content (AvgIpc) is 2.30. The number of benzene rings is 2. The molecular formula is C13H10NO. The predicted molar refractivity (Wildman–Crippen MR) is 59.3 cm³/mol. The van der Waals surface area contributed by atoms with Crippen LogP contribution < -0.4 is 5.73 Å². The van der Waals surface area contributed by atoms with Gasteiger partial charge in [-0.25, -0.2) is 0 Å². The molecule has 15 heavy (non-hydrogen) atoms. The number of hydrogen-bond donors (Lipinski definition) is 0. The van der Waals surface area contributed by atoms with Crippen LogP contribution in [0.4, 0.5) is 0 Å². The minimum atomic E-state index is -0.646. The van der Waals surface area contributed by atoms with Crippen LogP contribution in [0, 0.1) is 0 Å². The first-order valence-corrected chi connectivity index (χ1v) is 4.69. The van der Waals surface area contributed by atoms with E-state index in [1.165, 1.54) is 0 Å². The Morgan fingerprint density at radius 2 is 1.53 bits per heavy atom. The molecule has 0 aliphatic heterocycles. The third-order valence-corrected chi connectivity index (χ3v) is 2.23. The molecule has 1 radical (unpaired) electrons. The van der Waals surface area contributed by atoms with Gasteiger partial charge in [0, 0.05) is 5.56 Å². The molecule has 0 aromatic heterocycles. The summed E-state index contributed by atoms with van der Waals surface area (Å²) < 4.78 is 0. The molecule has 1 N–H and O–H groups in total. The molecule has 0 fully saturated rings. The molecule has 0 atom stereocenters. The Balaban J connectivity index is 2.46. The second-order valence-electron chi connectivity index (χ2n) is 3.28. The van der Waals surface area contributed by atoms with Crippen molar-refractivity contribution in [2.45, 2.75) is 0 Å². The van der Waals surface area contributed by atoms with E-state index < -0.39 is 5.91 Å². The maximum atomic E-state index is 10.9. The summed E-state index contributed by atoms with van der Waals surface area (Å²) >= 11 is 0. The highest BCUT2D eigenvalue weighted by Gasteiger charge is 2.02. The Kier molecular flexibility index (Phi) is 2.50. The van der Waals surface area contributed by atoms with Gasteiger partial charge in [-0.2, -0.15) is 0 Å². The maximum absolute atomic E-state index is 10.9. The average molecular weight is 196 g/mol. The number of rotatable bonds is 2. The predicted octanol–water partition coefficient (Wildman–Crippen LogP) is 2.78. The highest BCUT2D eigenvalue weighted by Crippen LogP contribution is 2.19. The number of amides is 1. The zero-order chi connectivity index (χ0) is 10.7. The van der Waals surface area contributed by atoms with Crippen LogP contribution in [0.3, 0.4) is 0 Å². The van der Waals surface area contributed by atoms with E-state index in [-0.39, 0.29) is 0 Å². The lowest BCUT2D eigenvalue weighted by molar-refractivity contribution is 0.0992. The molecule has 0 bridgehead atoms. The first-order chi connectivity index (χ1) is 7.27. The Labute approximate surface area is 88.4 Å². The molecule has 2 rings (SSSR count). The van der Waals surface area contributed by atoms with Gasteiger partial charge in [0.05, 0.1) is 0 Å². The fraction of sp³-hybridized carbons (Fsp3) is 0. The quantitative estimate of drug-likeness (QED) is 0.728. The largest absolute Gasteiger partial charge is 0.269 e. The fourth-order valence-electron chi connectivity index (χ4n) is 1.47. The Morgan fingerprint density at radius 3 is 2.20 bits per heavy atom. The lowest BCUT2D eigenvalue weighted by Gasteiger charge is -2.02. The van der Waals surface area contributed by atoms with Crippen LogP contribution in [0.2, 0.25) is 0 Å². The van der Waals surface area contributed by atoms with Crippen LogP contribution in [0.5, 0.6) is 0 Å². The second-order valence-corrected chi connectivity index (χ2v) is 3.28. The van der Waals surface area contributed by atoms with Crippen molar-refractivity contribution in [3.63, 3.8) is 0 Å². The lowest BCUT2D eigenvalue weighted by Crippen LogP contribution is -1.98. The summed E-state index contributed by atoms with van der Waals surface area (Å²) in [6, 6.07) is 16.9. The molecule has 2 heteroatoms. The summed E-state index contributed by atoms with van der Waals surface area (Å²) in [6.07, 6.45) is 0. The molecule has 2 aromatic rings. The molecule has 2 aromatic carbocycles. The van der Waals surface area contributed by atoms with Gasteiger partial charge >= 0.3 is 0 Å². The molecule has 0 saturated carbocycles. The molecule has 0 aliphatic carbocycles. The molecule has 0 spiro atoms. The van der Waals surface area contributed by atoms with Gasteiger partial charge in [0.15, 0.2) is 0 Å². The summed E-state index contributed by atoms with van der Waals surface area (Å²) in [5.74, 6) is -0.646. The van der Waals surface area contributed by atoms with Crippen molar-refractivity contribution in [3.8, 4) is 11.1 Å². The van der Waals surface area contributed by atoms with Crippen molar-refractivity contribution in [1.82, 2.24) is 5.73 Å². The van der Waals surface area contributed by atoms with E-state index in [1.807, 2.05) is 36.4 Å². The van der Waals surface area contributed by atoms with E-state index in [1.54, 1.807) is 18.2 Å². The monoisotopic (exact) mass is 196 g/mol. The first kappa shape index (κ1) is 9.46. The maximum Gasteiger partial charge on any atom is 0.269 e. The van der Waals surface area contributed by atoms with E-state index in [9.17, 15) is 4.79 Å². The highest BCUT2D eigenvalue weighted by atomic mass is 16.1. The molecule has 1 amide bonds. The van der Waals surface area contributed by atoms with Crippen LogP contribution in [0.15, 0.2) is 54.6 Å². The highest BCUT2D eigenvalue weighted by molar-refractivity contribution is 5.93. The second kappa shape index (κ2) is 3.96. The normalized spacial score (nSPS) is 9.87. The molecule has 0 saturated heterocycles.